The van der Waals surface area contributed by atoms with Gasteiger partial charge in [0.05, 0.1) is 5.52 Å². The number of carbonyl (C=O) groups is 1. The summed E-state index contributed by atoms with van der Waals surface area (Å²) in [6.45, 7) is 4.56. The summed E-state index contributed by atoms with van der Waals surface area (Å²) in [7, 11) is 0. The maximum Gasteiger partial charge on any atom is 0.273 e. The van der Waals surface area contributed by atoms with Gasteiger partial charge >= 0.3 is 0 Å². The smallest absolute Gasteiger partial charge is 0.273 e. The summed E-state index contributed by atoms with van der Waals surface area (Å²) in [6.07, 6.45) is 2.17. The zero-order valence-corrected chi connectivity index (χ0v) is 20.5. The van der Waals surface area contributed by atoms with Crippen molar-refractivity contribution in [1.29, 1.82) is 0 Å². The molecule has 6 nitrogen and oxygen atoms in total. The highest BCUT2D eigenvalue weighted by Gasteiger charge is 2.27. The summed E-state index contributed by atoms with van der Waals surface area (Å²) in [5, 5.41) is 0.526. The molecule has 1 saturated heterocycles. The fourth-order valence-corrected chi connectivity index (χ4v) is 5.54. The van der Waals surface area contributed by atoms with E-state index in [1.165, 1.54) is 12.1 Å². The minimum absolute atomic E-state index is 0.0110. The van der Waals surface area contributed by atoms with E-state index in [4.69, 9.17) is 5.73 Å². The maximum atomic E-state index is 14.5. The average molecular weight is 500 g/mol. The van der Waals surface area contributed by atoms with Gasteiger partial charge < -0.3 is 10.6 Å². The van der Waals surface area contributed by atoms with Crippen molar-refractivity contribution in [2.24, 2.45) is 0 Å². The van der Waals surface area contributed by atoms with E-state index in [0.29, 0.717) is 53.3 Å². The second-order valence-electron chi connectivity index (χ2n) is 9.98. The number of nitrogens with zero attached hydrogens (tertiary/aromatic N) is 4. The Balaban J connectivity index is 1.42. The number of amides is 1. The molecule has 1 unspecified atom stereocenters. The number of hydrogen-bond donors (Lipinski definition) is 1. The zero-order chi connectivity index (χ0) is 25.7. The highest BCUT2D eigenvalue weighted by molar-refractivity contribution is 6.06. The lowest BCUT2D eigenvalue weighted by Gasteiger charge is -2.23. The van der Waals surface area contributed by atoms with Crippen LogP contribution in [-0.2, 0) is 19.6 Å². The van der Waals surface area contributed by atoms with E-state index in [-0.39, 0.29) is 17.5 Å². The fraction of sp³-hybridized carbons (Fsp3) is 0.276. The second kappa shape index (κ2) is 9.19. The first-order valence-corrected chi connectivity index (χ1v) is 12.5. The van der Waals surface area contributed by atoms with Crippen molar-refractivity contribution in [3.8, 4) is 11.1 Å². The number of carbonyl (C=O) groups excluding carboxylic acids is 1. The number of fused-ring (bicyclic) bond motifs is 2. The van der Waals surface area contributed by atoms with Gasteiger partial charge in [-0.3, -0.25) is 9.69 Å². The van der Waals surface area contributed by atoms with Crippen molar-refractivity contribution in [1.82, 2.24) is 19.8 Å². The van der Waals surface area contributed by atoms with Crippen LogP contribution >= 0.6 is 0 Å². The van der Waals surface area contributed by atoms with E-state index in [0.717, 1.165) is 30.5 Å². The number of rotatable bonds is 4. The topological polar surface area (TPSA) is 75.4 Å². The highest BCUT2D eigenvalue weighted by atomic mass is 19.2. The molecule has 0 spiro atoms. The molecule has 1 atom stereocenters. The normalized spacial score (nSPS) is 17.5. The van der Waals surface area contributed by atoms with Gasteiger partial charge in [-0.2, -0.15) is 0 Å². The third-order valence-corrected chi connectivity index (χ3v) is 7.56. The number of anilines is 1. The van der Waals surface area contributed by atoms with E-state index in [1.807, 2.05) is 24.3 Å². The number of benzene rings is 3. The molecule has 188 valence electrons. The van der Waals surface area contributed by atoms with Crippen LogP contribution in [0.5, 0.6) is 0 Å². The number of halogens is 2. The lowest BCUT2D eigenvalue weighted by Crippen LogP contribution is -2.27. The van der Waals surface area contributed by atoms with Crippen LogP contribution in [0, 0.1) is 11.6 Å². The molecule has 0 radical (unpaired) electrons. The predicted molar refractivity (Wildman–Crippen MR) is 138 cm³/mol. The van der Waals surface area contributed by atoms with Crippen molar-refractivity contribution in [3.05, 3.63) is 88.6 Å². The Labute approximate surface area is 213 Å². The maximum absolute atomic E-state index is 14.5. The molecule has 1 aromatic heterocycles. The first kappa shape index (κ1) is 23.5. The molecule has 0 aliphatic carbocycles. The quantitative estimate of drug-likeness (QED) is 0.413. The first-order chi connectivity index (χ1) is 17.9. The van der Waals surface area contributed by atoms with Gasteiger partial charge in [-0.1, -0.05) is 30.3 Å². The van der Waals surface area contributed by atoms with Crippen LogP contribution in [0.1, 0.15) is 46.9 Å². The van der Waals surface area contributed by atoms with Crippen LogP contribution in [-0.4, -0.2) is 38.3 Å². The lowest BCUT2D eigenvalue weighted by atomic mass is 9.96. The van der Waals surface area contributed by atoms with Crippen LogP contribution in [0.3, 0.4) is 0 Å². The summed E-state index contributed by atoms with van der Waals surface area (Å²) in [5.41, 5.74) is 10.9. The predicted octanol–water partition coefficient (Wildman–Crippen LogP) is 5.30. The van der Waals surface area contributed by atoms with Crippen molar-refractivity contribution >= 4 is 22.8 Å². The van der Waals surface area contributed by atoms with Crippen LogP contribution < -0.4 is 5.73 Å². The summed E-state index contributed by atoms with van der Waals surface area (Å²) >= 11 is 0. The molecule has 2 aliphatic rings. The molecule has 2 aliphatic heterocycles. The molecule has 3 aromatic carbocycles. The van der Waals surface area contributed by atoms with Gasteiger partial charge in [0.15, 0.2) is 11.6 Å². The van der Waals surface area contributed by atoms with E-state index in [2.05, 4.69) is 21.8 Å². The summed E-state index contributed by atoms with van der Waals surface area (Å²) in [6, 6.07) is 16.2. The average Bonchev–Trinajstić information content (AvgIpc) is 3.51. The Bertz CT molecular complexity index is 1510. The Morgan fingerprint density at radius 2 is 1.76 bits per heavy atom. The molecular formula is C29H27F2N5O. The molecule has 8 heteroatoms. The standard InChI is InChI=1S/C29H27F2N5O/c1-17-5-4-10-35(17)16-21-12-24(30)25(31)13-22(21)18-8-9-26-23(11-18)27(34-29(32)33-26)28(37)36-14-19-6-2-3-7-20(19)15-36/h2-3,6-9,11-13,17H,4-5,10,14-16H2,1H3,(H2,32,33,34). The summed E-state index contributed by atoms with van der Waals surface area (Å²) < 4.78 is 28.8. The zero-order valence-electron chi connectivity index (χ0n) is 20.5. The Morgan fingerprint density at radius 3 is 2.46 bits per heavy atom. The van der Waals surface area contributed by atoms with E-state index in [9.17, 15) is 13.6 Å². The molecule has 2 N–H and O–H groups in total. The van der Waals surface area contributed by atoms with Crippen molar-refractivity contribution in [2.45, 2.75) is 45.4 Å². The highest BCUT2D eigenvalue weighted by Crippen LogP contribution is 2.33. The van der Waals surface area contributed by atoms with Gasteiger partial charge in [0, 0.05) is 31.1 Å². The lowest BCUT2D eigenvalue weighted by molar-refractivity contribution is 0.0747. The molecule has 3 heterocycles. The molecule has 37 heavy (non-hydrogen) atoms. The van der Waals surface area contributed by atoms with Crippen LogP contribution in [0.2, 0.25) is 0 Å². The Hall–Kier alpha value is -3.91. The SMILES string of the molecule is CC1CCCN1Cc1cc(F)c(F)cc1-c1ccc2nc(N)nc(C(=O)N3Cc4ccccc4C3)c2c1. The number of nitrogen functional groups attached to an aromatic ring is 1. The van der Waals surface area contributed by atoms with Crippen molar-refractivity contribution in [2.75, 3.05) is 12.3 Å². The summed E-state index contributed by atoms with van der Waals surface area (Å²) in [5.74, 6) is -2.01. The second-order valence-corrected chi connectivity index (χ2v) is 9.98. The number of hydrogen-bond acceptors (Lipinski definition) is 5. The third kappa shape index (κ3) is 4.31. The molecule has 0 saturated carbocycles. The van der Waals surface area contributed by atoms with Gasteiger partial charge in [-0.15, -0.1) is 0 Å². The molecular weight excluding hydrogens is 472 g/mol. The molecule has 0 bridgehead atoms. The molecule has 4 aromatic rings. The minimum atomic E-state index is -0.909. The van der Waals surface area contributed by atoms with Gasteiger partial charge in [0.25, 0.3) is 5.91 Å². The number of aromatic nitrogens is 2. The third-order valence-electron chi connectivity index (χ3n) is 7.56. The largest absolute Gasteiger partial charge is 0.368 e. The Morgan fingerprint density at radius 1 is 1.03 bits per heavy atom. The van der Waals surface area contributed by atoms with Gasteiger partial charge in [-0.25, -0.2) is 18.7 Å². The van der Waals surface area contributed by atoms with E-state index >= 15 is 0 Å². The van der Waals surface area contributed by atoms with E-state index < -0.39 is 11.6 Å². The molecule has 6 rings (SSSR count). The van der Waals surface area contributed by atoms with Crippen LogP contribution in [0.4, 0.5) is 14.7 Å². The van der Waals surface area contributed by atoms with Crippen LogP contribution in [0.15, 0.2) is 54.6 Å². The minimum Gasteiger partial charge on any atom is -0.368 e. The van der Waals surface area contributed by atoms with Gasteiger partial charge in [0.1, 0.15) is 5.69 Å². The Kier molecular flexibility index (Phi) is 5.83. The molecule has 1 fully saturated rings. The van der Waals surface area contributed by atoms with Gasteiger partial charge in [-0.05, 0) is 78.4 Å². The van der Waals surface area contributed by atoms with Crippen molar-refractivity contribution in [3.63, 3.8) is 0 Å². The van der Waals surface area contributed by atoms with E-state index in [1.54, 1.807) is 23.1 Å². The number of likely N-dealkylation sites (tertiary alicyclic amines) is 1. The van der Waals surface area contributed by atoms with Crippen molar-refractivity contribution < 1.29 is 13.6 Å². The number of nitrogens with two attached hydrogens (primary N) is 1. The van der Waals surface area contributed by atoms with Gasteiger partial charge in [0.2, 0.25) is 5.95 Å². The van der Waals surface area contributed by atoms with Crippen LogP contribution in [0.25, 0.3) is 22.0 Å². The summed E-state index contributed by atoms with van der Waals surface area (Å²) in [4.78, 5) is 26.3. The fourth-order valence-electron chi connectivity index (χ4n) is 5.54. The monoisotopic (exact) mass is 499 g/mol. The molecule has 1 amide bonds. The first-order valence-electron chi connectivity index (χ1n) is 12.5.